The highest BCUT2D eigenvalue weighted by Gasteiger charge is 2.26. The summed E-state index contributed by atoms with van der Waals surface area (Å²) < 4.78 is 7.04. The Hall–Kier alpha value is -3.57. The summed E-state index contributed by atoms with van der Waals surface area (Å²) in [7, 11) is 0. The third-order valence-corrected chi connectivity index (χ3v) is 5.21. The van der Waals surface area contributed by atoms with Gasteiger partial charge in [-0.15, -0.1) is 0 Å². The van der Waals surface area contributed by atoms with Crippen molar-refractivity contribution in [1.29, 1.82) is 5.26 Å². The van der Waals surface area contributed by atoms with Crippen molar-refractivity contribution in [2.75, 3.05) is 0 Å². The van der Waals surface area contributed by atoms with Gasteiger partial charge in [-0.2, -0.15) is 5.26 Å². The minimum atomic E-state index is -1.25. The second-order valence-corrected chi connectivity index (χ2v) is 8.03. The van der Waals surface area contributed by atoms with Crippen LogP contribution in [0.1, 0.15) is 36.7 Å². The van der Waals surface area contributed by atoms with Crippen LogP contribution in [-0.2, 0) is 14.3 Å². The first-order chi connectivity index (χ1) is 15.2. The van der Waals surface area contributed by atoms with Crippen LogP contribution in [0.25, 0.3) is 11.8 Å². The smallest absolute Gasteiger partial charge is 0.349 e. The van der Waals surface area contributed by atoms with Crippen molar-refractivity contribution in [3.63, 3.8) is 0 Å². The van der Waals surface area contributed by atoms with E-state index in [0.29, 0.717) is 10.6 Å². The third-order valence-electron chi connectivity index (χ3n) is 4.98. The highest BCUT2D eigenvalue weighted by atomic mass is 35.5. The molecular weight excluding hydrogens is 432 g/mol. The number of nitrogens with zero attached hydrogens (tertiary/aromatic N) is 2. The standard InChI is InChI=1S/C23H23ClN4O4/c1-13-9-16(14(2)28(13)20-6-4-5-18(24)11-20)10-17(12-25)22(30)32-15(3)21(29)27-23(31)26-19-7-8-19/h4-6,9-11,15,19H,7-8H2,1-3H3,(H2,26,27,29,31)/b17-10+. The molecule has 9 heteroatoms. The van der Waals surface area contributed by atoms with Crippen LogP contribution in [0.15, 0.2) is 35.9 Å². The first-order valence-electron chi connectivity index (χ1n) is 10.1. The molecule has 1 atom stereocenters. The minimum absolute atomic E-state index is 0.0831. The van der Waals surface area contributed by atoms with E-state index in [1.54, 1.807) is 6.07 Å². The number of urea groups is 1. The van der Waals surface area contributed by atoms with E-state index in [9.17, 15) is 19.6 Å². The van der Waals surface area contributed by atoms with Crippen LogP contribution in [0.4, 0.5) is 4.79 Å². The fourth-order valence-corrected chi connectivity index (χ4v) is 3.36. The Morgan fingerprint density at radius 3 is 2.62 bits per heavy atom. The monoisotopic (exact) mass is 454 g/mol. The van der Waals surface area contributed by atoms with Crippen LogP contribution in [0.2, 0.25) is 5.02 Å². The summed E-state index contributed by atoms with van der Waals surface area (Å²) in [5.41, 5.74) is 2.92. The number of halogens is 1. The Balaban J connectivity index is 1.73. The maximum absolute atomic E-state index is 12.5. The summed E-state index contributed by atoms with van der Waals surface area (Å²) in [5.74, 6) is -1.72. The molecule has 1 unspecified atom stereocenters. The topological polar surface area (TPSA) is 113 Å². The van der Waals surface area contributed by atoms with Crippen LogP contribution in [0.5, 0.6) is 0 Å². The number of carbonyl (C=O) groups is 3. The fourth-order valence-electron chi connectivity index (χ4n) is 3.18. The number of esters is 1. The maximum Gasteiger partial charge on any atom is 0.349 e. The molecule has 3 amide bonds. The van der Waals surface area contributed by atoms with Gasteiger partial charge in [-0.3, -0.25) is 10.1 Å². The first-order valence-corrected chi connectivity index (χ1v) is 10.5. The molecule has 0 radical (unpaired) electrons. The van der Waals surface area contributed by atoms with E-state index in [-0.39, 0.29) is 11.6 Å². The number of nitrogens with one attached hydrogen (secondary N) is 2. The molecule has 1 saturated carbocycles. The van der Waals surface area contributed by atoms with Crippen molar-refractivity contribution in [3.05, 3.63) is 57.9 Å². The van der Waals surface area contributed by atoms with E-state index in [1.807, 2.05) is 48.7 Å². The Kier molecular flexibility index (Phi) is 7.01. The lowest BCUT2D eigenvalue weighted by Gasteiger charge is -2.13. The van der Waals surface area contributed by atoms with Gasteiger partial charge in [0.25, 0.3) is 5.91 Å². The predicted molar refractivity (Wildman–Crippen MR) is 119 cm³/mol. The molecule has 2 N–H and O–H groups in total. The van der Waals surface area contributed by atoms with Crippen molar-refractivity contribution in [2.24, 2.45) is 0 Å². The molecule has 3 rings (SSSR count). The van der Waals surface area contributed by atoms with E-state index >= 15 is 0 Å². The largest absolute Gasteiger partial charge is 0.448 e. The molecule has 0 aliphatic heterocycles. The van der Waals surface area contributed by atoms with Crippen LogP contribution >= 0.6 is 11.6 Å². The lowest BCUT2D eigenvalue weighted by Crippen LogP contribution is -2.45. The van der Waals surface area contributed by atoms with Crippen molar-refractivity contribution in [3.8, 4) is 11.8 Å². The summed E-state index contributed by atoms with van der Waals surface area (Å²) in [4.78, 5) is 36.2. The van der Waals surface area contributed by atoms with E-state index in [4.69, 9.17) is 16.3 Å². The highest BCUT2D eigenvalue weighted by Crippen LogP contribution is 2.25. The summed E-state index contributed by atoms with van der Waals surface area (Å²) in [6, 6.07) is 10.4. The molecule has 8 nitrogen and oxygen atoms in total. The predicted octanol–water partition coefficient (Wildman–Crippen LogP) is 3.57. The zero-order chi connectivity index (χ0) is 23.4. The molecule has 166 valence electrons. The molecule has 1 aliphatic carbocycles. The Bertz CT molecular complexity index is 1140. The molecule has 1 aliphatic rings. The average Bonchev–Trinajstić information content (AvgIpc) is 3.49. The van der Waals surface area contributed by atoms with Gasteiger partial charge in [0, 0.05) is 28.1 Å². The quantitative estimate of drug-likeness (QED) is 0.393. The molecule has 0 spiro atoms. The van der Waals surface area contributed by atoms with Gasteiger partial charge in [0.1, 0.15) is 11.6 Å². The molecule has 1 heterocycles. The van der Waals surface area contributed by atoms with E-state index in [0.717, 1.165) is 29.9 Å². The van der Waals surface area contributed by atoms with Gasteiger partial charge in [-0.05, 0) is 69.5 Å². The molecule has 0 bridgehead atoms. The van der Waals surface area contributed by atoms with Gasteiger partial charge >= 0.3 is 12.0 Å². The van der Waals surface area contributed by atoms with Gasteiger partial charge in [0.05, 0.1) is 0 Å². The molecule has 32 heavy (non-hydrogen) atoms. The summed E-state index contributed by atoms with van der Waals surface area (Å²) >= 11 is 6.10. The minimum Gasteiger partial charge on any atom is -0.448 e. The zero-order valence-corrected chi connectivity index (χ0v) is 18.7. The highest BCUT2D eigenvalue weighted by molar-refractivity contribution is 6.30. The number of rotatable bonds is 6. The van der Waals surface area contributed by atoms with Gasteiger partial charge in [-0.1, -0.05) is 17.7 Å². The fraction of sp³-hybridized carbons (Fsp3) is 0.304. The van der Waals surface area contributed by atoms with Crippen molar-refractivity contribution >= 4 is 35.6 Å². The van der Waals surface area contributed by atoms with Gasteiger partial charge in [0.15, 0.2) is 6.10 Å². The number of aryl methyl sites for hydroxylation is 1. The molecular formula is C23H23ClN4O4. The Morgan fingerprint density at radius 1 is 1.28 bits per heavy atom. The van der Waals surface area contributed by atoms with Crippen molar-refractivity contribution in [2.45, 2.75) is 45.8 Å². The SMILES string of the molecule is Cc1cc(/C=C(\C#N)C(=O)OC(C)C(=O)NC(=O)NC2CC2)c(C)n1-c1cccc(Cl)c1. The first kappa shape index (κ1) is 23.1. The third kappa shape index (κ3) is 5.56. The normalized spacial score (nSPS) is 14.3. The molecule has 0 saturated heterocycles. The van der Waals surface area contributed by atoms with Crippen LogP contribution in [0.3, 0.4) is 0 Å². The lowest BCUT2D eigenvalue weighted by atomic mass is 10.1. The number of hydrogen-bond acceptors (Lipinski definition) is 5. The number of carbonyl (C=O) groups excluding carboxylic acids is 3. The number of aromatic nitrogens is 1. The second-order valence-electron chi connectivity index (χ2n) is 7.60. The molecule has 1 aromatic heterocycles. The number of benzene rings is 1. The maximum atomic E-state index is 12.5. The molecule has 1 fully saturated rings. The Morgan fingerprint density at radius 2 is 2.00 bits per heavy atom. The lowest BCUT2D eigenvalue weighted by molar-refractivity contribution is -0.150. The number of amides is 3. The van der Waals surface area contributed by atoms with Gasteiger partial charge in [-0.25, -0.2) is 9.59 Å². The number of hydrogen-bond donors (Lipinski definition) is 2. The van der Waals surface area contributed by atoms with Gasteiger partial charge < -0.3 is 14.6 Å². The molecule has 1 aromatic carbocycles. The summed E-state index contributed by atoms with van der Waals surface area (Å²) in [6.07, 6.45) is 1.92. The number of imide groups is 1. The van der Waals surface area contributed by atoms with Crippen molar-refractivity contribution in [1.82, 2.24) is 15.2 Å². The van der Waals surface area contributed by atoms with Crippen LogP contribution < -0.4 is 10.6 Å². The van der Waals surface area contributed by atoms with E-state index < -0.39 is 24.0 Å². The van der Waals surface area contributed by atoms with Gasteiger partial charge in [0.2, 0.25) is 0 Å². The van der Waals surface area contributed by atoms with E-state index in [2.05, 4.69) is 10.6 Å². The second kappa shape index (κ2) is 9.71. The van der Waals surface area contributed by atoms with Crippen molar-refractivity contribution < 1.29 is 19.1 Å². The molecule has 2 aromatic rings. The Labute approximate surface area is 190 Å². The van der Waals surface area contributed by atoms with E-state index in [1.165, 1.54) is 13.0 Å². The van der Waals surface area contributed by atoms with Crippen LogP contribution in [-0.4, -0.2) is 34.6 Å². The summed E-state index contributed by atoms with van der Waals surface area (Å²) in [5, 5.41) is 14.8. The number of ether oxygens (including phenoxy) is 1. The van der Waals surface area contributed by atoms with Crippen LogP contribution in [0, 0.1) is 25.2 Å². The zero-order valence-electron chi connectivity index (χ0n) is 17.9. The average molecular weight is 455 g/mol. The summed E-state index contributed by atoms with van der Waals surface area (Å²) in [6.45, 7) is 5.08. The number of nitriles is 1.